The Morgan fingerprint density at radius 3 is 2.89 bits per heavy atom. The van der Waals surface area contributed by atoms with Crippen molar-refractivity contribution in [1.29, 1.82) is 0 Å². The summed E-state index contributed by atoms with van der Waals surface area (Å²) in [6.07, 6.45) is 0.885. The number of nitrogens with zero attached hydrogens (tertiary/aromatic N) is 4. The Balaban J connectivity index is 1.74. The lowest BCUT2D eigenvalue weighted by molar-refractivity contribution is -0.118. The van der Waals surface area contributed by atoms with Gasteiger partial charge in [-0.1, -0.05) is 12.1 Å². The smallest absolute Gasteiger partial charge is 0.267 e. The number of amides is 1. The zero-order chi connectivity index (χ0) is 19.9. The van der Waals surface area contributed by atoms with Gasteiger partial charge in [-0.25, -0.2) is 18.2 Å². The van der Waals surface area contributed by atoms with E-state index in [1.54, 1.807) is 18.2 Å². The summed E-state index contributed by atoms with van der Waals surface area (Å²) < 4.78 is 43.3. The largest absolute Gasteiger partial charge is 0.387 e. The molecule has 0 saturated carbocycles. The quantitative estimate of drug-likeness (QED) is 0.714. The average molecular weight is 391 g/mol. The molecule has 1 aliphatic heterocycles. The first-order chi connectivity index (χ1) is 13.4. The van der Waals surface area contributed by atoms with Crippen LogP contribution in [-0.4, -0.2) is 44.7 Å². The number of rotatable bonds is 4. The number of aliphatic hydroxyl groups excluding tert-OH is 1. The van der Waals surface area contributed by atoms with Crippen LogP contribution >= 0.6 is 0 Å². The first kappa shape index (κ1) is 18.2. The molecule has 0 aliphatic carbocycles. The minimum Gasteiger partial charge on any atom is -0.387 e. The maximum Gasteiger partial charge on any atom is 0.267 e. The predicted octanol–water partition coefficient (Wildman–Crippen LogP) is 2.39. The van der Waals surface area contributed by atoms with E-state index in [9.17, 15) is 18.0 Å². The number of aromatic nitrogens is 3. The van der Waals surface area contributed by atoms with Crippen LogP contribution in [0.15, 0.2) is 42.6 Å². The third-order valence-corrected chi connectivity index (χ3v) is 4.56. The molecular weight excluding hydrogens is 375 g/mol. The summed E-state index contributed by atoms with van der Waals surface area (Å²) in [6.45, 7) is -1.29. The van der Waals surface area contributed by atoms with Crippen molar-refractivity contribution in [2.24, 2.45) is 0 Å². The molecular formula is C18H16F3N5O2. The zero-order valence-electron chi connectivity index (χ0n) is 14.5. The number of hydrogen-bond acceptors (Lipinski definition) is 5. The zero-order valence-corrected chi connectivity index (χ0v) is 14.5. The molecule has 28 heavy (non-hydrogen) atoms. The van der Waals surface area contributed by atoms with Gasteiger partial charge in [-0.05, 0) is 29.8 Å². The molecule has 1 saturated heterocycles. The summed E-state index contributed by atoms with van der Waals surface area (Å²) in [6, 6.07) is 7.95. The average Bonchev–Trinajstić information content (AvgIpc) is 3.21. The summed E-state index contributed by atoms with van der Waals surface area (Å²) in [4.78, 5) is 16.9. The van der Waals surface area contributed by atoms with Crippen molar-refractivity contribution in [3.8, 4) is 0 Å². The fourth-order valence-corrected chi connectivity index (χ4v) is 3.35. The highest BCUT2D eigenvalue weighted by atomic mass is 19.3. The second kappa shape index (κ2) is 6.79. The van der Waals surface area contributed by atoms with E-state index in [2.05, 4.69) is 15.4 Å². The molecule has 4 rings (SSSR count). The van der Waals surface area contributed by atoms with Crippen molar-refractivity contribution < 1.29 is 23.1 Å². The number of benzene rings is 1. The van der Waals surface area contributed by atoms with Crippen molar-refractivity contribution in [3.63, 3.8) is 0 Å². The minimum atomic E-state index is -2.96. The van der Waals surface area contributed by atoms with Gasteiger partial charge in [0.2, 0.25) is 0 Å². The van der Waals surface area contributed by atoms with Gasteiger partial charge in [0.1, 0.15) is 18.2 Å². The highest BCUT2D eigenvalue weighted by Gasteiger charge is 2.46. The number of alkyl halides is 2. The fraction of sp³-hybridized carbons (Fsp3) is 0.278. The molecule has 3 heterocycles. The van der Waals surface area contributed by atoms with Gasteiger partial charge in [0.25, 0.3) is 11.8 Å². The fourth-order valence-electron chi connectivity index (χ4n) is 3.35. The van der Waals surface area contributed by atoms with Crippen LogP contribution in [0.3, 0.4) is 0 Å². The van der Waals surface area contributed by atoms with Crippen molar-refractivity contribution in [3.05, 3.63) is 54.0 Å². The van der Waals surface area contributed by atoms with Crippen LogP contribution in [-0.2, 0) is 4.79 Å². The second-order valence-corrected chi connectivity index (χ2v) is 6.57. The van der Waals surface area contributed by atoms with E-state index >= 15 is 0 Å². The SMILES string of the molecule is O=C(CO)Nc1cnc2ccc(N3CC(F)(F)CC3c3cccc(F)c3)nn12. The molecule has 1 amide bonds. The predicted molar refractivity (Wildman–Crippen MR) is 94.8 cm³/mol. The minimum absolute atomic E-state index is 0.198. The number of halogens is 3. The van der Waals surface area contributed by atoms with E-state index in [4.69, 9.17) is 5.11 Å². The molecule has 10 heteroatoms. The Morgan fingerprint density at radius 1 is 1.32 bits per heavy atom. The number of nitrogens with one attached hydrogen (secondary N) is 1. The van der Waals surface area contributed by atoms with Gasteiger partial charge >= 0.3 is 0 Å². The van der Waals surface area contributed by atoms with Gasteiger partial charge in [-0.2, -0.15) is 4.52 Å². The van der Waals surface area contributed by atoms with Crippen LogP contribution in [0.4, 0.5) is 24.8 Å². The van der Waals surface area contributed by atoms with Gasteiger partial charge in [-0.15, -0.1) is 5.10 Å². The van der Waals surface area contributed by atoms with E-state index in [1.807, 2.05) is 0 Å². The van der Waals surface area contributed by atoms with Crippen molar-refractivity contribution in [2.75, 3.05) is 23.4 Å². The molecule has 0 bridgehead atoms. The number of fused-ring (bicyclic) bond motifs is 1. The van der Waals surface area contributed by atoms with Gasteiger partial charge in [0.05, 0.1) is 18.8 Å². The number of imidazole rings is 1. The van der Waals surface area contributed by atoms with Gasteiger partial charge < -0.3 is 15.3 Å². The highest BCUT2D eigenvalue weighted by molar-refractivity contribution is 5.90. The normalized spacial score (nSPS) is 18.6. The van der Waals surface area contributed by atoms with Crippen LogP contribution in [0, 0.1) is 5.82 Å². The highest BCUT2D eigenvalue weighted by Crippen LogP contribution is 2.43. The third kappa shape index (κ3) is 3.38. The third-order valence-electron chi connectivity index (χ3n) is 4.56. The number of carbonyl (C=O) groups excluding carboxylic acids is 1. The number of aliphatic hydroxyl groups is 1. The van der Waals surface area contributed by atoms with E-state index in [1.165, 1.54) is 33.8 Å². The molecule has 1 atom stereocenters. The van der Waals surface area contributed by atoms with Crippen LogP contribution < -0.4 is 10.2 Å². The van der Waals surface area contributed by atoms with Crippen molar-refractivity contribution in [1.82, 2.24) is 14.6 Å². The molecule has 3 aromatic rings. The summed E-state index contributed by atoms with van der Waals surface area (Å²) in [5, 5.41) is 15.6. The Kier molecular flexibility index (Phi) is 4.42. The standard InChI is InChI=1S/C18H16F3N5O2/c19-12-3-1-2-11(6-12)13-7-18(20,21)10-25(13)15-5-4-14-22-8-16(26(14)24-15)23-17(28)9-27/h1-6,8,13,27H,7,9-10H2,(H,23,28). The molecule has 2 aromatic heterocycles. The van der Waals surface area contributed by atoms with Gasteiger partial charge in [0, 0.05) is 6.42 Å². The topological polar surface area (TPSA) is 82.8 Å². The first-order valence-electron chi connectivity index (χ1n) is 8.52. The van der Waals surface area contributed by atoms with Crippen LogP contribution in [0.25, 0.3) is 5.65 Å². The molecule has 2 N–H and O–H groups in total. The number of carbonyl (C=O) groups is 1. The Labute approximate surface area is 157 Å². The number of anilines is 2. The van der Waals surface area contributed by atoms with E-state index in [-0.39, 0.29) is 11.6 Å². The molecule has 1 aromatic carbocycles. The second-order valence-electron chi connectivity index (χ2n) is 6.57. The Bertz CT molecular complexity index is 1040. The van der Waals surface area contributed by atoms with Crippen LogP contribution in [0.1, 0.15) is 18.0 Å². The molecule has 0 radical (unpaired) electrons. The molecule has 1 aliphatic rings. The van der Waals surface area contributed by atoms with Crippen LogP contribution in [0.5, 0.6) is 0 Å². The number of hydrogen-bond donors (Lipinski definition) is 2. The summed E-state index contributed by atoms with van der Waals surface area (Å²) >= 11 is 0. The summed E-state index contributed by atoms with van der Waals surface area (Å²) in [5.74, 6) is -3.68. The van der Waals surface area contributed by atoms with E-state index in [0.29, 0.717) is 11.2 Å². The lowest BCUT2D eigenvalue weighted by atomic mass is 10.0. The summed E-state index contributed by atoms with van der Waals surface area (Å²) in [5.41, 5.74) is 0.823. The van der Waals surface area contributed by atoms with E-state index in [0.717, 1.165) is 0 Å². The maximum absolute atomic E-state index is 14.2. The van der Waals surface area contributed by atoms with Crippen molar-refractivity contribution in [2.45, 2.75) is 18.4 Å². The first-order valence-corrected chi connectivity index (χ1v) is 8.52. The molecule has 7 nitrogen and oxygen atoms in total. The molecule has 0 spiro atoms. The molecule has 1 unspecified atom stereocenters. The Hall–Kier alpha value is -3.14. The Morgan fingerprint density at radius 2 is 2.14 bits per heavy atom. The molecule has 146 valence electrons. The van der Waals surface area contributed by atoms with Crippen LogP contribution in [0.2, 0.25) is 0 Å². The van der Waals surface area contributed by atoms with Gasteiger partial charge in [0.15, 0.2) is 11.5 Å². The molecule has 1 fully saturated rings. The van der Waals surface area contributed by atoms with Gasteiger partial charge in [-0.3, -0.25) is 4.79 Å². The monoisotopic (exact) mass is 391 g/mol. The van der Waals surface area contributed by atoms with E-state index < -0.39 is 43.3 Å². The lowest BCUT2D eigenvalue weighted by Gasteiger charge is -2.25. The van der Waals surface area contributed by atoms with Crippen molar-refractivity contribution >= 4 is 23.2 Å². The maximum atomic E-state index is 14.2. The summed E-state index contributed by atoms with van der Waals surface area (Å²) in [7, 11) is 0. The lowest BCUT2D eigenvalue weighted by Crippen LogP contribution is -2.28.